The highest BCUT2D eigenvalue weighted by atomic mass is 32.1. The molecule has 0 spiro atoms. The zero-order valence-electron chi connectivity index (χ0n) is 34.6. The number of hydrogen-bond donors (Lipinski definition) is 3. The number of hydrogen-bond acceptors (Lipinski definition) is 11. The van der Waals surface area contributed by atoms with Gasteiger partial charge in [-0.05, 0) is 59.9 Å². The van der Waals surface area contributed by atoms with E-state index >= 15 is 0 Å². The first kappa shape index (κ1) is 43.2. The Balaban J connectivity index is 0.905. The van der Waals surface area contributed by atoms with Crippen LogP contribution >= 0.6 is 11.3 Å². The lowest BCUT2D eigenvalue weighted by Gasteiger charge is -2.35. The number of anilines is 1. The molecule has 0 radical (unpaired) electrons. The van der Waals surface area contributed by atoms with Crippen molar-refractivity contribution in [2.75, 3.05) is 58.6 Å². The minimum absolute atomic E-state index is 0.00816. The van der Waals surface area contributed by atoms with Crippen molar-refractivity contribution < 1.29 is 33.7 Å². The van der Waals surface area contributed by atoms with Crippen LogP contribution < -0.4 is 20.3 Å². The topological polar surface area (TPSA) is 155 Å². The Labute approximate surface area is 349 Å². The molecule has 0 saturated carbocycles. The lowest BCUT2D eigenvalue weighted by Crippen LogP contribution is -2.58. The third kappa shape index (κ3) is 11.4. The standard InChI is InChI=1S/C45H54N6O7S/c1-29-41(59-28-47-29)32-9-7-30(8-10-32)25-46-43(54)39-24-35(52)26-51(39)44(55)42(45(2,3)4)49-40(53)27-57-20-19-56-21-22-58-36-16-18-38-33(23-36)13-17-37(48-38)31-11-14-34(15-12-31)50(5)6/h7-18,23,28,35,39,42,52H,19-22,24-27H2,1-6H3,(H,46,54)(H,49,53)/t35-,39+,42?/m1/s1. The summed E-state index contributed by atoms with van der Waals surface area (Å²) in [6, 6.07) is 24.2. The molecule has 1 aliphatic heterocycles. The van der Waals surface area contributed by atoms with E-state index in [1.807, 2.05) is 102 Å². The van der Waals surface area contributed by atoms with E-state index in [2.05, 4.69) is 44.8 Å². The summed E-state index contributed by atoms with van der Waals surface area (Å²) in [5, 5.41) is 17.2. The molecule has 14 heteroatoms. The van der Waals surface area contributed by atoms with Crippen LogP contribution in [-0.4, -0.2) is 110 Å². The van der Waals surface area contributed by atoms with Crippen LogP contribution in [0.15, 0.2) is 84.4 Å². The minimum atomic E-state index is -0.955. The predicted molar refractivity (Wildman–Crippen MR) is 230 cm³/mol. The molecule has 3 atom stereocenters. The van der Waals surface area contributed by atoms with Gasteiger partial charge in [0, 0.05) is 50.2 Å². The summed E-state index contributed by atoms with van der Waals surface area (Å²) in [5.41, 5.74) is 8.01. The lowest BCUT2D eigenvalue weighted by molar-refractivity contribution is -0.144. The van der Waals surface area contributed by atoms with Gasteiger partial charge in [-0.25, -0.2) is 9.97 Å². The van der Waals surface area contributed by atoms with E-state index in [-0.39, 0.29) is 45.2 Å². The Morgan fingerprint density at radius 3 is 2.34 bits per heavy atom. The summed E-state index contributed by atoms with van der Waals surface area (Å²) in [6.07, 6.45) is -0.758. The molecule has 6 rings (SSSR count). The maximum atomic E-state index is 13.9. The number of pyridine rings is 1. The van der Waals surface area contributed by atoms with Crippen molar-refractivity contribution >= 4 is 45.6 Å². The number of likely N-dealkylation sites (tertiary alicyclic amines) is 1. The number of amides is 3. The normalized spacial score (nSPS) is 15.9. The molecule has 1 saturated heterocycles. The number of benzene rings is 3. The largest absolute Gasteiger partial charge is 0.491 e. The fraction of sp³-hybridized carbons (Fsp3) is 0.400. The molecule has 1 unspecified atom stereocenters. The quantitative estimate of drug-likeness (QED) is 0.101. The second-order valence-corrected chi connectivity index (χ2v) is 16.8. The number of carbonyl (C=O) groups is 3. The second-order valence-electron chi connectivity index (χ2n) is 15.9. The average Bonchev–Trinajstić information content (AvgIpc) is 3.84. The van der Waals surface area contributed by atoms with E-state index < -0.39 is 35.4 Å². The summed E-state index contributed by atoms with van der Waals surface area (Å²) in [5.74, 6) is -0.564. The van der Waals surface area contributed by atoms with Crippen molar-refractivity contribution in [1.29, 1.82) is 0 Å². The van der Waals surface area contributed by atoms with Gasteiger partial charge in [0.1, 0.15) is 31.0 Å². The van der Waals surface area contributed by atoms with Crippen molar-refractivity contribution in [3.8, 4) is 27.4 Å². The Hall–Kier alpha value is -5.41. The highest BCUT2D eigenvalue weighted by Crippen LogP contribution is 2.29. The zero-order chi connectivity index (χ0) is 42.1. The lowest BCUT2D eigenvalue weighted by atomic mass is 9.85. The molecular formula is C45H54N6O7S. The molecular weight excluding hydrogens is 769 g/mol. The van der Waals surface area contributed by atoms with E-state index in [1.165, 1.54) is 4.90 Å². The third-order valence-electron chi connectivity index (χ3n) is 10.2. The van der Waals surface area contributed by atoms with Crippen LogP contribution in [0.1, 0.15) is 38.4 Å². The van der Waals surface area contributed by atoms with E-state index in [0.717, 1.165) is 49.5 Å². The number of thiazole rings is 1. The van der Waals surface area contributed by atoms with Crippen molar-refractivity contribution in [3.05, 3.63) is 95.6 Å². The molecule has 13 nitrogen and oxygen atoms in total. The molecule has 3 amide bonds. The number of nitrogens with zero attached hydrogens (tertiary/aromatic N) is 4. The van der Waals surface area contributed by atoms with Gasteiger partial charge in [0.15, 0.2) is 0 Å². The number of fused-ring (bicyclic) bond motifs is 1. The van der Waals surface area contributed by atoms with Crippen LogP contribution in [-0.2, 0) is 30.4 Å². The first-order valence-corrected chi connectivity index (χ1v) is 20.7. The van der Waals surface area contributed by atoms with Crippen LogP contribution in [0.4, 0.5) is 5.69 Å². The Bertz CT molecular complexity index is 2200. The number of carbonyl (C=O) groups excluding carboxylic acids is 3. The minimum Gasteiger partial charge on any atom is -0.491 e. The van der Waals surface area contributed by atoms with Gasteiger partial charge in [-0.3, -0.25) is 14.4 Å². The molecule has 59 heavy (non-hydrogen) atoms. The summed E-state index contributed by atoms with van der Waals surface area (Å²) in [6.45, 7) is 8.52. The summed E-state index contributed by atoms with van der Waals surface area (Å²) in [7, 11) is 4.03. The fourth-order valence-corrected chi connectivity index (χ4v) is 7.68. The van der Waals surface area contributed by atoms with Crippen LogP contribution in [0.2, 0.25) is 0 Å². The average molecular weight is 823 g/mol. The zero-order valence-corrected chi connectivity index (χ0v) is 35.4. The summed E-state index contributed by atoms with van der Waals surface area (Å²) < 4.78 is 17.1. The molecule has 0 aliphatic carbocycles. The molecule has 5 aromatic rings. The number of β-amino-alcohol motifs (C(OH)–C–C–N with tert-alkyl or cyclic N) is 1. The monoisotopic (exact) mass is 822 g/mol. The highest BCUT2D eigenvalue weighted by molar-refractivity contribution is 7.13. The van der Waals surface area contributed by atoms with Gasteiger partial charge in [0.05, 0.1) is 53.2 Å². The summed E-state index contributed by atoms with van der Waals surface area (Å²) in [4.78, 5) is 53.9. The predicted octanol–water partition coefficient (Wildman–Crippen LogP) is 5.62. The first-order chi connectivity index (χ1) is 28.3. The van der Waals surface area contributed by atoms with Gasteiger partial charge in [0.25, 0.3) is 0 Å². The fourth-order valence-electron chi connectivity index (χ4n) is 6.87. The number of nitrogens with one attached hydrogen (secondary N) is 2. The van der Waals surface area contributed by atoms with Gasteiger partial charge in [0.2, 0.25) is 17.7 Å². The molecule has 1 fully saturated rings. The van der Waals surface area contributed by atoms with Crippen LogP contribution in [0.3, 0.4) is 0 Å². The second kappa shape index (κ2) is 19.6. The molecule has 0 bridgehead atoms. The van der Waals surface area contributed by atoms with Crippen molar-refractivity contribution in [1.82, 2.24) is 25.5 Å². The van der Waals surface area contributed by atoms with Crippen LogP contribution in [0, 0.1) is 12.3 Å². The van der Waals surface area contributed by atoms with Crippen LogP contribution in [0.5, 0.6) is 5.75 Å². The van der Waals surface area contributed by atoms with E-state index in [4.69, 9.17) is 19.2 Å². The Kier molecular flexibility index (Phi) is 14.3. The van der Waals surface area contributed by atoms with Crippen LogP contribution in [0.25, 0.3) is 32.6 Å². The van der Waals surface area contributed by atoms with Crippen molar-refractivity contribution in [2.45, 2.75) is 58.8 Å². The number of aromatic nitrogens is 2. The molecule has 2 aromatic heterocycles. The highest BCUT2D eigenvalue weighted by Gasteiger charge is 2.44. The molecule has 3 N–H and O–H groups in total. The number of ether oxygens (including phenoxy) is 3. The van der Waals surface area contributed by atoms with E-state index in [0.29, 0.717) is 19.0 Å². The number of rotatable bonds is 17. The van der Waals surface area contributed by atoms with Gasteiger partial charge in [-0.2, -0.15) is 0 Å². The third-order valence-corrected chi connectivity index (χ3v) is 11.1. The van der Waals surface area contributed by atoms with E-state index in [1.54, 1.807) is 11.3 Å². The number of aliphatic hydroxyl groups excluding tert-OH is 1. The smallest absolute Gasteiger partial charge is 0.246 e. The molecule has 1 aliphatic rings. The number of aryl methyl sites for hydroxylation is 1. The Morgan fingerprint density at radius 2 is 1.64 bits per heavy atom. The van der Waals surface area contributed by atoms with Gasteiger partial charge < -0.3 is 39.8 Å². The maximum Gasteiger partial charge on any atom is 0.246 e. The van der Waals surface area contributed by atoms with Crippen molar-refractivity contribution in [2.24, 2.45) is 5.41 Å². The summed E-state index contributed by atoms with van der Waals surface area (Å²) >= 11 is 1.58. The van der Waals surface area contributed by atoms with Crippen molar-refractivity contribution in [3.63, 3.8) is 0 Å². The Morgan fingerprint density at radius 1 is 0.932 bits per heavy atom. The molecule has 312 valence electrons. The molecule has 3 heterocycles. The van der Waals surface area contributed by atoms with Gasteiger partial charge in [-0.1, -0.05) is 63.2 Å². The molecule has 3 aromatic carbocycles. The maximum absolute atomic E-state index is 13.9. The van der Waals surface area contributed by atoms with Gasteiger partial charge in [-0.15, -0.1) is 11.3 Å². The SMILES string of the molecule is Cc1ncsc1-c1ccc(CNC(=O)[C@@H]2C[C@@H](O)CN2C(=O)C(NC(=O)COCCOCCOc2ccc3nc(-c4ccc(N(C)C)cc4)ccc3c2)C(C)(C)C)cc1. The van der Waals surface area contributed by atoms with E-state index in [9.17, 15) is 19.5 Å². The first-order valence-electron chi connectivity index (χ1n) is 19.8. The number of aliphatic hydroxyl groups is 1. The van der Waals surface area contributed by atoms with Gasteiger partial charge >= 0.3 is 0 Å².